The predicted octanol–water partition coefficient (Wildman–Crippen LogP) is 3.80. The zero-order valence-corrected chi connectivity index (χ0v) is 11.9. The highest BCUT2D eigenvalue weighted by Gasteiger charge is 2.34. The molecule has 1 saturated heterocycles. The van der Waals surface area contributed by atoms with Crippen LogP contribution in [0.25, 0.3) is 0 Å². The minimum Gasteiger partial charge on any atom is -0.349 e. The van der Waals surface area contributed by atoms with E-state index in [1.807, 2.05) is 36.4 Å². The third kappa shape index (κ3) is 2.88. The largest absolute Gasteiger partial charge is 0.349 e. The summed E-state index contributed by atoms with van der Waals surface area (Å²) in [6.45, 7) is 0.560. The van der Waals surface area contributed by atoms with Crippen LogP contribution in [0.4, 0.5) is 0 Å². The second-order valence-corrected chi connectivity index (χ2v) is 5.22. The van der Waals surface area contributed by atoms with Crippen LogP contribution in [0.5, 0.6) is 0 Å². The number of ether oxygens (including phenoxy) is 2. The smallest absolute Gasteiger partial charge is 0.169 e. The van der Waals surface area contributed by atoms with E-state index in [4.69, 9.17) is 21.1 Å². The molecule has 1 fully saturated rings. The van der Waals surface area contributed by atoms with Gasteiger partial charge in [0.05, 0.1) is 24.5 Å². The summed E-state index contributed by atoms with van der Waals surface area (Å²) in [4.78, 5) is 0. The van der Waals surface area contributed by atoms with E-state index < -0.39 is 0 Å². The highest BCUT2D eigenvalue weighted by atomic mass is 35.5. The Hall–Kier alpha value is -1.35. The van der Waals surface area contributed by atoms with Crippen LogP contribution in [0.2, 0.25) is 0 Å². The molecule has 0 radical (unpaired) electrons. The zero-order chi connectivity index (χ0) is 13.8. The Balaban J connectivity index is 1.93. The third-order valence-corrected chi connectivity index (χ3v) is 3.88. The molecule has 104 valence electrons. The minimum atomic E-state index is -0.274. The van der Waals surface area contributed by atoms with E-state index in [2.05, 4.69) is 24.3 Å². The van der Waals surface area contributed by atoms with E-state index >= 15 is 0 Å². The van der Waals surface area contributed by atoms with Crippen LogP contribution in [0.15, 0.2) is 60.7 Å². The van der Waals surface area contributed by atoms with Gasteiger partial charge in [0.2, 0.25) is 0 Å². The van der Waals surface area contributed by atoms with E-state index in [1.165, 1.54) is 11.1 Å². The molecule has 0 aromatic heterocycles. The molecule has 0 amide bonds. The first-order chi connectivity index (χ1) is 9.88. The first-order valence-electron chi connectivity index (χ1n) is 6.81. The molecule has 2 atom stereocenters. The molecule has 0 saturated carbocycles. The van der Waals surface area contributed by atoms with Gasteiger partial charge < -0.3 is 9.47 Å². The molecule has 3 rings (SSSR count). The molecule has 2 aromatic rings. The van der Waals surface area contributed by atoms with E-state index in [0.29, 0.717) is 12.5 Å². The molecule has 0 spiro atoms. The molecule has 1 aliphatic rings. The molecule has 0 unspecified atom stereocenters. The normalized spacial score (nSPS) is 22.3. The van der Waals surface area contributed by atoms with E-state index in [0.717, 1.165) is 0 Å². The number of benzene rings is 2. The summed E-state index contributed by atoms with van der Waals surface area (Å²) in [7, 11) is 0. The molecule has 1 aliphatic heterocycles. The van der Waals surface area contributed by atoms with E-state index in [-0.39, 0.29) is 18.3 Å². The van der Waals surface area contributed by atoms with Gasteiger partial charge in [-0.15, -0.1) is 11.6 Å². The van der Waals surface area contributed by atoms with Gasteiger partial charge >= 0.3 is 0 Å². The van der Waals surface area contributed by atoms with Crippen molar-refractivity contribution in [3.63, 3.8) is 0 Å². The molecule has 20 heavy (non-hydrogen) atoms. The highest BCUT2D eigenvalue weighted by molar-refractivity contribution is 6.18. The van der Waals surface area contributed by atoms with Crippen LogP contribution in [-0.4, -0.2) is 24.9 Å². The summed E-state index contributed by atoms with van der Waals surface area (Å²) in [5.74, 6) is 0.540. The topological polar surface area (TPSA) is 18.5 Å². The summed E-state index contributed by atoms with van der Waals surface area (Å²) < 4.78 is 11.7. The average molecular weight is 289 g/mol. The van der Waals surface area contributed by atoms with Gasteiger partial charge in [-0.1, -0.05) is 60.7 Å². The second-order valence-electron chi connectivity index (χ2n) is 4.91. The summed E-state index contributed by atoms with van der Waals surface area (Å²) in [6, 6.07) is 20.6. The Morgan fingerprint density at radius 3 is 1.95 bits per heavy atom. The van der Waals surface area contributed by atoms with Crippen molar-refractivity contribution in [1.29, 1.82) is 0 Å². The van der Waals surface area contributed by atoms with Gasteiger partial charge in [0, 0.05) is 0 Å². The fourth-order valence-electron chi connectivity index (χ4n) is 2.55. The number of alkyl halides is 1. The van der Waals surface area contributed by atoms with Crippen LogP contribution < -0.4 is 0 Å². The summed E-state index contributed by atoms with van der Waals surface area (Å²) >= 11 is 5.86. The second kappa shape index (κ2) is 6.40. The fourth-order valence-corrected chi connectivity index (χ4v) is 2.72. The van der Waals surface area contributed by atoms with Crippen molar-refractivity contribution < 1.29 is 9.47 Å². The van der Waals surface area contributed by atoms with Crippen molar-refractivity contribution in [2.24, 2.45) is 0 Å². The quantitative estimate of drug-likeness (QED) is 0.797. The van der Waals surface area contributed by atoms with Crippen molar-refractivity contribution in [2.75, 3.05) is 12.5 Å². The lowest BCUT2D eigenvalue weighted by atomic mass is 9.91. The number of rotatable bonds is 4. The highest BCUT2D eigenvalue weighted by Crippen LogP contribution is 2.33. The molecule has 0 N–H and O–H groups in total. The molecule has 1 heterocycles. The van der Waals surface area contributed by atoms with Crippen molar-refractivity contribution in [2.45, 2.75) is 18.3 Å². The molecule has 0 bridgehead atoms. The van der Waals surface area contributed by atoms with Crippen LogP contribution in [-0.2, 0) is 9.47 Å². The Labute approximate surface area is 124 Å². The van der Waals surface area contributed by atoms with E-state index in [9.17, 15) is 0 Å². The van der Waals surface area contributed by atoms with Gasteiger partial charge in [-0.25, -0.2) is 0 Å². The Kier molecular flexibility index (Phi) is 4.36. The Morgan fingerprint density at radius 2 is 1.50 bits per heavy atom. The van der Waals surface area contributed by atoms with Crippen LogP contribution >= 0.6 is 11.6 Å². The lowest BCUT2D eigenvalue weighted by molar-refractivity contribution is -0.0642. The molecular formula is C17H17ClO2. The summed E-state index contributed by atoms with van der Waals surface area (Å²) in [5.41, 5.74) is 2.39. The van der Waals surface area contributed by atoms with Gasteiger partial charge in [0.1, 0.15) is 0 Å². The van der Waals surface area contributed by atoms with Gasteiger partial charge in [0.25, 0.3) is 0 Å². The van der Waals surface area contributed by atoms with Gasteiger partial charge in [-0.2, -0.15) is 0 Å². The van der Waals surface area contributed by atoms with Crippen LogP contribution in [0.3, 0.4) is 0 Å². The maximum atomic E-state index is 5.93. The standard InChI is InChI=1S/C17H17ClO2/c18-11-15-12-19-17(20-15)16(13-7-3-1-4-8-13)14-9-5-2-6-10-14/h1-10,15-17H,11-12H2/t15-,17-/m0/s1. The van der Waals surface area contributed by atoms with Gasteiger partial charge in [-0.05, 0) is 11.1 Å². The minimum absolute atomic E-state index is 0.0170. The third-order valence-electron chi connectivity index (χ3n) is 3.53. The SMILES string of the molecule is ClC[C@H]1CO[C@H](C(c2ccccc2)c2ccccc2)O1. The molecule has 0 aliphatic carbocycles. The maximum absolute atomic E-state index is 5.93. The molecular weight excluding hydrogens is 272 g/mol. The summed E-state index contributed by atoms with van der Waals surface area (Å²) in [5, 5.41) is 0. The van der Waals surface area contributed by atoms with Crippen LogP contribution in [0.1, 0.15) is 17.0 Å². The number of hydrogen-bond donors (Lipinski definition) is 0. The Morgan fingerprint density at radius 1 is 0.950 bits per heavy atom. The van der Waals surface area contributed by atoms with Crippen molar-refractivity contribution in [3.05, 3.63) is 71.8 Å². The van der Waals surface area contributed by atoms with E-state index in [1.54, 1.807) is 0 Å². The number of halogens is 1. The van der Waals surface area contributed by atoms with Crippen molar-refractivity contribution in [1.82, 2.24) is 0 Å². The van der Waals surface area contributed by atoms with Gasteiger partial charge in [-0.3, -0.25) is 0 Å². The molecule has 2 aromatic carbocycles. The average Bonchev–Trinajstić information content (AvgIpc) is 2.98. The monoisotopic (exact) mass is 288 g/mol. The first kappa shape index (κ1) is 13.6. The Bertz CT molecular complexity index is 490. The predicted molar refractivity (Wildman–Crippen MR) is 80.1 cm³/mol. The lowest BCUT2D eigenvalue weighted by Crippen LogP contribution is -2.22. The fraction of sp³-hybridized carbons (Fsp3) is 0.294. The van der Waals surface area contributed by atoms with Crippen LogP contribution in [0, 0.1) is 0 Å². The molecule has 3 heteroatoms. The van der Waals surface area contributed by atoms with Crippen molar-refractivity contribution in [3.8, 4) is 0 Å². The zero-order valence-electron chi connectivity index (χ0n) is 11.1. The maximum Gasteiger partial charge on any atom is 0.169 e. The summed E-state index contributed by atoms with van der Waals surface area (Å²) in [6.07, 6.45) is -0.292. The first-order valence-corrected chi connectivity index (χ1v) is 7.35. The lowest BCUT2D eigenvalue weighted by Gasteiger charge is -2.23. The molecule has 2 nitrogen and oxygen atoms in total. The van der Waals surface area contributed by atoms with Gasteiger partial charge in [0.15, 0.2) is 6.29 Å². The number of hydrogen-bond acceptors (Lipinski definition) is 2. The van der Waals surface area contributed by atoms with Crippen molar-refractivity contribution >= 4 is 11.6 Å².